The zero-order valence-electron chi connectivity index (χ0n) is 27.0. The molecule has 0 bridgehead atoms. The fourth-order valence-electron chi connectivity index (χ4n) is 6.86. The number of fused-ring (bicyclic) bond motifs is 1. The summed E-state index contributed by atoms with van der Waals surface area (Å²) in [6, 6.07) is 21.1. The van der Waals surface area contributed by atoms with Crippen molar-refractivity contribution in [3.8, 4) is 33.6 Å². The third-order valence-electron chi connectivity index (χ3n) is 9.50. The number of amides is 2. The molecule has 242 valence electrons. The van der Waals surface area contributed by atoms with Gasteiger partial charge in [0.25, 0.3) is 0 Å². The molecule has 2 fully saturated rings. The van der Waals surface area contributed by atoms with Crippen LogP contribution in [-0.2, 0) is 9.53 Å². The number of aromatic amines is 2. The molecule has 0 saturated carbocycles. The van der Waals surface area contributed by atoms with Gasteiger partial charge in [-0.25, -0.2) is 14.8 Å². The maximum absolute atomic E-state index is 13.5. The van der Waals surface area contributed by atoms with Gasteiger partial charge in [0.1, 0.15) is 17.7 Å². The highest BCUT2D eigenvalue weighted by atomic mass is 16.5. The molecule has 2 aliphatic rings. The molecule has 0 aliphatic carbocycles. The van der Waals surface area contributed by atoms with Gasteiger partial charge in [-0.3, -0.25) is 4.79 Å². The number of methoxy groups -OCH3 is 1. The Kier molecular flexibility index (Phi) is 8.51. The second kappa shape index (κ2) is 13.0. The summed E-state index contributed by atoms with van der Waals surface area (Å²) in [5.41, 5.74) is 6.38. The van der Waals surface area contributed by atoms with E-state index < -0.39 is 12.1 Å². The van der Waals surface area contributed by atoms with E-state index in [1.54, 1.807) is 0 Å². The number of alkyl carbamates (subject to hydrolysis) is 1. The summed E-state index contributed by atoms with van der Waals surface area (Å²) < 4.78 is 4.75. The van der Waals surface area contributed by atoms with Gasteiger partial charge < -0.3 is 30.2 Å². The quantitative estimate of drug-likeness (QED) is 0.150. The zero-order valence-corrected chi connectivity index (χ0v) is 27.0. The van der Waals surface area contributed by atoms with Crippen molar-refractivity contribution < 1.29 is 14.3 Å². The standard InChI is InChI=1S/C37H41N7O3/c1-22(2)33(43-37(46)47-3)36(45)44-17-5-7-32(44)35-40-20-30(42-35)24-10-8-23(9-11-24)25-12-13-27-19-28(15-14-26(27)18-25)31-21-39-34(41-31)29-6-4-16-38-29/h8-15,18-22,29,32-33,38H,4-7,16-17H2,1-3H3,(H,39,41)(H,40,42)(H,43,46). The molecule has 4 heterocycles. The number of hydrogen-bond donors (Lipinski definition) is 4. The van der Waals surface area contributed by atoms with Crippen molar-refractivity contribution in [3.63, 3.8) is 0 Å². The lowest BCUT2D eigenvalue weighted by molar-refractivity contribution is -0.135. The van der Waals surface area contributed by atoms with Gasteiger partial charge >= 0.3 is 6.09 Å². The molecule has 10 heteroatoms. The number of benzene rings is 3. The summed E-state index contributed by atoms with van der Waals surface area (Å²) in [7, 11) is 1.30. The molecule has 7 rings (SSSR count). The van der Waals surface area contributed by atoms with Crippen molar-refractivity contribution in [2.75, 3.05) is 20.2 Å². The van der Waals surface area contributed by atoms with Crippen LogP contribution in [0.3, 0.4) is 0 Å². The number of aromatic nitrogens is 4. The number of ether oxygens (including phenoxy) is 1. The first-order valence-electron chi connectivity index (χ1n) is 16.5. The van der Waals surface area contributed by atoms with Crippen LogP contribution >= 0.6 is 0 Å². The predicted octanol–water partition coefficient (Wildman–Crippen LogP) is 6.76. The van der Waals surface area contributed by atoms with E-state index >= 15 is 0 Å². The van der Waals surface area contributed by atoms with E-state index in [-0.39, 0.29) is 17.9 Å². The smallest absolute Gasteiger partial charge is 0.407 e. The van der Waals surface area contributed by atoms with Crippen molar-refractivity contribution in [2.24, 2.45) is 5.92 Å². The van der Waals surface area contributed by atoms with E-state index in [2.05, 4.69) is 91.2 Å². The van der Waals surface area contributed by atoms with Crippen LogP contribution in [0.2, 0.25) is 0 Å². The summed E-state index contributed by atoms with van der Waals surface area (Å²) in [4.78, 5) is 43.5. The average molecular weight is 632 g/mol. The topological polar surface area (TPSA) is 128 Å². The Morgan fingerprint density at radius 2 is 1.47 bits per heavy atom. The molecule has 0 radical (unpaired) electrons. The van der Waals surface area contributed by atoms with Gasteiger partial charge in [-0.1, -0.05) is 62.4 Å². The summed E-state index contributed by atoms with van der Waals surface area (Å²) in [5.74, 6) is 1.58. The van der Waals surface area contributed by atoms with Crippen molar-refractivity contribution in [1.29, 1.82) is 0 Å². The number of imidazole rings is 2. The second-order valence-electron chi connectivity index (χ2n) is 12.9. The number of carbonyl (C=O) groups excluding carboxylic acids is 2. The van der Waals surface area contributed by atoms with Crippen LogP contribution in [0.15, 0.2) is 73.1 Å². The Morgan fingerprint density at radius 3 is 2.17 bits per heavy atom. The summed E-state index contributed by atoms with van der Waals surface area (Å²) in [6.07, 6.45) is 7.16. The maximum atomic E-state index is 13.5. The third kappa shape index (κ3) is 6.25. The molecule has 2 aliphatic heterocycles. The maximum Gasteiger partial charge on any atom is 0.407 e. The average Bonchev–Trinajstić information content (AvgIpc) is 3.93. The molecule has 3 atom stereocenters. The van der Waals surface area contributed by atoms with Crippen LogP contribution < -0.4 is 10.6 Å². The minimum absolute atomic E-state index is 0.0805. The Hall–Kier alpha value is -4.96. The largest absolute Gasteiger partial charge is 0.453 e. The van der Waals surface area contributed by atoms with Crippen LogP contribution in [0.5, 0.6) is 0 Å². The number of rotatable bonds is 8. The van der Waals surface area contributed by atoms with Crippen LogP contribution in [0.1, 0.15) is 63.3 Å². The zero-order chi connectivity index (χ0) is 32.5. The number of likely N-dealkylation sites (tertiary alicyclic amines) is 1. The molecule has 2 aromatic heterocycles. The lowest BCUT2D eigenvalue weighted by Gasteiger charge is -2.30. The number of carbonyl (C=O) groups is 2. The number of H-pyrrole nitrogens is 2. The highest BCUT2D eigenvalue weighted by Crippen LogP contribution is 2.34. The van der Waals surface area contributed by atoms with E-state index in [0.717, 1.165) is 71.1 Å². The summed E-state index contributed by atoms with van der Waals surface area (Å²) in [6.45, 7) is 5.50. The van der Waals surface area contributed by atoms with Gasteiger partial charge in [0, 0.05) is 12.1 Å². The Labute approximate surface area is 274 Å². The van der Waals surface area contributed by atoms with E-state index in [4.69, 9.17) is 4.74 Å². The van der Waals surface area contributed by atoms with Crippen LogP contribution in [0.4, 0.5) is 4.79 Å². The van der Waals surface area contributed by atoms with E-state index in [1.165, 1.54) is 24.3 Å². The third-order valence-corrected chi connectivity index (χ3v) is 9.50. The first-order chi connectivity index (χ1) is 22.9. The molecule has 47 heavy (non-hydrogen) atoms. The van der Waals surface area contributed by atoms with Crippen LogP contribution in [0, 0.1) is 5.92 Å². The summed E-state index contributed by atoms with van der Waals surface area (Å²) in [5, 5.41) is 8.58. The summed E-state index contributed by atoms with van der Waals surface area (Å²) >= 11 is 0. The van der Waals surface area contributed by atoms with Crippen molar-refractivity contribution in [1.82, 2.24) is 35.5 Å². The normalized spacial score (nSPS) is 18.6. The van der Waals surface area contributed by atoms with Gasteiger partial charge in [0.2, 0.25) is 5.91 Å². The fraction of sp³-hybridized carbons (Fsp3) is 0.351. The van der Waals surface area contributed by atoms with Gasteiger partial charge in [-0.2, -0.15) is 0 Å². The molecule has 0 spiro atoms. The lowest BCUT2D eigenvalue weighted by Crippen LogP contribution is -2.51. The molecular weight excluding hydrogens is 590 g/mol. The van der Waals surface area contributed by atoms with E-state index in [1.807, 2.05) is 31.1 Å². The van der Waals surface area contributed by atoms with Crippen molar-refractivity contribution in [3.05, 3.63) is 84.7 Å². The monoisotopic (exact) mass is 631 g/mol. The Morgan fingerprint density at radius 1 is 0.830 bits per heavy atom. The van der Waals surface area contributed by atoms with Crippen LogP contribution in [0.25, 0.3) is 44.4 Å². The Bertz CT molecular complexity index is 1890. The molecule has 2 saturated heterocycles. The van der Waals surface area contributed by atoms with Gasteiger partial charge in [0.15, 0.2) is 0 Å². The molecule has 2 amide bonds. The number of nitrogens with one attached hydrogen (secondary N) is 4. The molecule has 3 aromatic carbocycles. The molecule has 4 N–H and O–H groups in total. The van der Waals surface area contributed by atoms with Crippen molar-refractivity contribution >= 4 is 22.8 Å². The van der Waals surface area contributed by atoms with E-state index in [9.17, 15) is 9.59 Å². The van der Waals surface area contributed by atoms with Gasteiger partial charge in [-0.05, 0) is 77.7 Å². The predicted molar refractivity (Wildman–Crippen MR) is 182 cm³/mol. The lowest BCUT2D eigenvalue weighted by atomic mass is 9.98. The minimum atomic E-state index is -0.661. The number of nitrogens with zero attached hydrogens (tertiary/aromatic N) is 3. The molecular formula is C37H41N7O3. The Balaban J connectivity index is 1.05. The SMILES string of the molecule is COC(=O)NC(C(=O)N1CCCC1c1ncc(-c2ccc(-c3ccc4cc(-c5cnc(C6CCCN6)[nH]5)ccc4c3)cc2)[nH]1)C(C)C. The fourth-order valence-corrected chi connectivity index (χ4v) is 6.86. The molecule has 3 unspecified atom stereocenters. The van der Waals surface area contributed by atoms with Gasteiger partial charge in [-0.15, -0.1) is 0 Å². The molecule has 5 aromatic rings. The van der Waals surface area contributed by atoms with Crippen molar-refractivity contribution in [2.45, 2.75) is 57.7 Å². The first-order valence-corrected chi connectivity index (χ1v) is 16.5. The first kappa shape index (κ1) is 30.7. The highest BCUT2D eigenvalue weighted by Gasteiger charge is 2.37. The van der Waals surface area contributed by atoms with Gasteiger partial charge in [0.05, 0.1) is 43.0 Å². The number of hydrogen-bond acceptors (Lipinski definition) is 6. The molecule has 10 nitrogen and oxygen atoms in total. The van der Waals surface area contributed by atoms with E-state index in [0.29, 0.717) is 12.6 Å². The second-order valence-corrected chi connectivity index (χ2v) is 12.9. The highest BCUT2D eigenvalue weighted by molar-refractivity contribution is 5.90. The minimum Gasteiger partial charge on any atom is -0.453 e. The van der Waals surface area contributed by atoms with Crippen LogP contribution in [-0.4, -0.2) is 63.1 Å².